The highest BCUT2D eigenvalue weighted by molar-refractivity contribution is 5.62. The van der Waals surface area contributed by atoms with Crippen molar-refractivity contribution in [2.45, 2.75) is 32.6 Å². The molecule has 0 spiro atoms. The number of benzene rings is 1. The van der Waals surface area contributed by atoms with E-state index in [0.717, 1.165) is 29.7 Å². The van der Waals surface area contributed by atoms with Gasteiger partial charge in [0.2, 0.25) is 0 Å². The van der Waals surface area contributed by atoms with Crippen molar-refractivity contribution in [1.82, 2.24) is 10.2 Å². The average molecular weight is 247 g/mol. The second kappa shape index (κ2) is 5.21. The minimum absolute atomic E-state index is 0.158. The lowest BCUT2D eigenvalue weighted by molar-refractivity contribution is 0.558. The fourth-order valence-electron chi connectivity index (χ4n) is 2.24. The Morgan fingerprint density at radius 2 is 2.00 bits per heavy atom. The van der Waals surface area contributed by atoms with Crippen LogP contribution in [0.5, 0.6) is 0 Å². The predicted molar refractivity (Wildman–Crippen MR) is 71.7 cm³/mol. The smallest absolute Gasteiger partial charge is 0.145 e. The zero-order chi connectivity index (χ0) is 13.1. The van der Waals surface area contributed by atoms with Gasteiger partial charge in [0.05, 0.1) is 5.69 Å². The Kier molecular flexibility index (Phi) is 3.65. The number of halogens is 1. The van der Waals surface area contributed by atoms with E-state index in [-0.39, 0.29) is 11.7 Å². The molecule has 1 aromatic heterocycles. The molecule has 2 rings (SSSR count). The van der Waals surface area contributed by atoms with Crippen molar-refractivity contribution in [3.63, 3.8) is 0 Å². The molecule has 96 valence electrons. The number of nitrogens with two attached hydrogens (primary N) is 1. The van der Waals surface area contributed by atoms with Gasteiger partial charge < -0.3 is 5.73 Å². The summed E-state index contributed by atoms with van der Waals surface area (Å²) in [6.07, 6.45) is 1.90. The van der Waals surface area contributed by atoms with Crippen molar-refractivity contribution < 1.29 is 4.39 Å². The minimum atomic E-state index is -0.158. The van der Waals surface area contributed by atoms with Crippen LogP contribution >= 0.6 is 0 Å². The molecule has 2 aromatic rings. The highest BCUT2D eigenvalue weighted by Crippen LogP contribution is 2.28. The maximum absolute atomic E-state index is 14.1. The number of aromatic amines is 1. The van der Waals surface area contributed by atoms with Gasteiger partial charge >= 0.3 is 0 Å². The first kappa shape index (κ1) is 12.6. The van der Waals surface area contributed by atoms with Crippen LogP contribution in [-0.2, 0) is 0 Å². The third-order valence-electron chi connectivity index (χ3n) is 3.33. The third kappa shape index (κ3) is 2.37. The molecular formula is C14H18FN3. The van der Waals surface area contributed by atoms with Crippen LogP contribution in [0.4, 0.5) is 10.2 Å². The number of rotatable bonds is 4. The Labute approximate surface area is 106 Å². The summed E-state index contributed by atoms with van der Waals surface area (Å²) in [5.74, 6) is 0.537. The molecule has 0 aliphatic heterocycles. The van der Waals surface area contributed by atoms with Crippen LogP contribution in [0.15, 0.2) is 24.3 Å². The Morgan fingerprint density at radius 1 is 1.28 bits per heavy atom. The molecule has 0 aliphatic carbocycles. The van der Waals surface area contributed by atoms with Crippen molar-refractivity contribution >= 4 is 5.82 Å². The highest BCUT2D eigenvalue weighted by Gasteiger charge is 2.13. The zero-order valence-electron chi connectivity index (χ0n) is 10.7. The van der Waals surface area contributed by atoms with Crippen molar-refractivity contribution in [3.05, 3.63) is 35.6 Å². The molecule has 0 bridgehead atoms. The number of nitrogens with zero attached hydrogens (tertiary/aromatic N) is 1. The summed E-state index contributed by atoms with van der Waals surface area (Å²) in [6, 6.07) is 7.01. The summed E-state index contributed by atoms with van der Waals surface area (Å²) < 4.78 is 14.1. The van der Waals surface area contributed by atoms with E-state index in [0.29, 0.717) is 5.82 Å². The third-order valence-corrected chi connectivity index (χ3v) is 3.33. The van der Waals surface area contributed by atoms with Crippen molar-refractivity contribution in [3.8, 4) is 11.3 Å². The van der Waals surface area contributed by atoms with Crippen molar-refractivity contribution in [1.29, 1.82) is 0 Å². The van der Waals surface area contributed by atoms with Gasteiger partial charge in [-0.25, -0.2) is 4.39 Å². The van der Waals surface area contributed by atoms with E-state index in [1.165, 1.54) is 0 Å². The lowest BCUT2D eigenvalue weighted by atomic mass is 9.92. The number of nitrogens with one attached hydrogen (secondary N) is 1. The normalized spacial score (nSPS) is 11.1. The van der Waals surface area contributed by atoms with Crippen LogP contribution < -0.4 is 5.73 Å². The molecule has 0 radical (unpaired) electrons. The number of H-pyrrole nitrogens is 1. The van der Waals surface area contributed by atoms with Gasteiger partial charge in [-0.3, -0.25) is 5.10 Å². The van der Waals surface area contributed by atoms with E-state index in [9.17, 15) is 4.39 Å². The van der Waals surface area contributed by atoms with Crippen LogP contribution in [0.25, 0.3) is 11.3 Å². The Hall–Kier alpha value is -1.84. The minimum Gasteiger partial charge on any atom is -0.382 e. The zero-order valence-corrected chi connectivity index (χ0v) is 10.7. The Balaban J connectivity index is 2.35. The maximum Gasteiger partial charge on any atom is 0.145 e. The van der Waals surface area contributed by atoms with Crippen LogP contribution in [-0.4, -0.2) is 10.2 Å². The molecule has 18 heavy (non-hydrogen) atoms. The summed E-state index contributed by atoms with van der Waals surface area (Å²) in [4.78, 5) is 0. The van der Waals surface area contributed by atoms with E-state index in [2.05, 4.69) is 24.0 Å². The molecule has 0 fully saturated rings. The standard InChI is InChI=1S/C14H18FN3/c1-3-9(4-2)11-6-5-10(7-12(11)15)13-8-14(16)18-17-13/h5-9H,3-4H2,1-2H3,(H3,16,17,18). The fraction of sp³-hybridized carbons (Fsp3) is 0.357. The number of nitrogen functional groups attached to an aromatic ring is 1. The monoisotopic (exact) mass is 247 g/mol. The molecule has 0 atom stereocenters. The molecule has 1 heterocycles. The number of hydrogen-bond acceptors (Lipinski definition) is 2. The van der Waals surface area contributed by atoms with Gasteiger partial charge in [0, 0.05) is 11.6 Å². The second-order valence-electron chi connectivity index (χ2n) is 4.46. The molecule has 0 unspecified atom stereocenters. The molecule has 0 saturated heterocycles. The Bertz CT molecular complexity index is 530. The lowest BCUT2D eigenvalue weighted by Crippen LogP contribution is -1.99. The summed E-state index contributed by atoms with van der Waals surface area (Å²) in [5.41, 5.74) is 7.84. The summed E-state index contributed by atoms with van der Waals surface area (Å²) >= 11 is 0. The van der Waals surface area contributed by atoms with Gasteiger partial charge in [-0.1, -0.05) is 26.0 Å². The fourth-order valence-corrected chi connectivity index (χ4v) is 2.24. The maximum atomic E-state index is 14.1. The van der Waals surface area contributed by atoms with E-state index in [1.807, 2.05) is 12.1 Å². The molecule has 3 N–H and O–H groups in total. The van der Waals surface area contributed by atoms with Gasteiger partial charge in [0.1, 0.15) is 11.6 Å². The van der Waals surface area contributed by atoms with E-state index in [1.54, 1.807) is 12.1 Å². The van der Waals surface area contributed by atoms with E-state index < -0.39 is 0 Å². The van der Waals surface area contributed by atoms with Crippen LogP contribution in [0, 0.1) is 5.82 Å². The van der Waals surface area contributed by atoms with E-state index >= 15 is 0 Å². The van der Waals surface area contributed by atoms with E-state index in [4.69, 9.17) is 5.73 Å². The molecule has 3 nitrogen and oxygen atoms in total. The summed E-state index contributed by atoms with van der Waals surface area (Å²) in [5, 5.41) is 6.63. The predicted octanol–water partition coefficient (Wildman–Crippen LogP) is 3.70. The summed E-state index contributed by atoms with van der Waals surface area (Å²) in [7, 11) is 0. The highest BCUT2D eigenvalue weighted by atomic mass is 19.1. The number of aromatic nitrogens is 2. The molecule has 0 aliphatic rings. The average Bonchev–Trinajstić information content (AvgIpc) is 2.79. The lowest BCUT2D eigenvalue weighted by Gasteiger charge is -2.14. The molecule has 0 amide bonds. The van der Waals surface area contributed by atoms with Crippen molar-refractivity contribution in [2.75, 3.05) is 5.73 Å². The molecule has 1 aromatic carbocycles. The SMILES string of the molecule is CCC(CC)c1ccc(-c2cc(N)n[nH]2)cc1F. The van der Waals surface area contributed by atoms with Crippen molar-refractivity contribution in [2.24, 2.45) is 0 Å². The first-order chi connectivity index (χ1) is 8.65. The molecule has 0 saturated carbocycles. The molecular weight excluding hydrogens is 229 g/mol. The largest absolute Gasteiger partial charge is 0.382 e. The second-order valence-corrected chi connectivity index (χ2v) is 4.46. The first-order valence-corrected chi connectivity index (χ1v) is 6.26. The molecule has 4 heteroatoms. The topological polar surface area (TPSA) is 54.7 Å². The number of anilines is 1. The number of hydrogen-bond donors (Lipinski definition) is 2. The van der Waals surface area contributed by atoms with Gasteiger partial charge in [-0.05, 0) is 30.4 Å². The van der Waals surface area contributed by atoms with Crippen LogP contribution in [0.2, 0.25) is 0 Å². The first-order valence-electron chi connectivity index (χ1n) is 6.26. The summed E-state index contributed by atoms with van der Waals surface area (Å²) in [6.45, 7) is 4.16. The quantitative estimate of drug-likeness (QED) is 0.865. The van der Waals surface area contributed by atoms with Crippen LogP contribution in [0.3, 0.4) is 0 Å². The van der Waals surface area contributed by atoms with Gasteiger partial charge in [0.15, 0.2) is 0 Å². The van der Waals surface area contributed by atoms with Gasteiger partial charge in [-0.2, -0.15) is 5.10 Å². The van der Waals surface area contributed by atoms with Gasteiger partial charge in [-0.15, -0.1) is 0 Å². The van der Waals surface area contributed by atoms with Crippen LogP contribution in [0.1, 0.15) is 38.2 Å². The Morgan fingerprint density at radius 3 is 2.50 bits per heavy atom. The van der Waals surface area contributed by atoms with Gasteiger partial charge in [0.25, 0.3) is 0 Å².